The first-order chi connectivity index (χ1) is 27.6. The maximum Gasteiger partial charge on any atom is 0.338 e. The van der Waals surface area contributed by atoms with Gasteiger partial charge in [0.05, 0.1) is 11.9 Å². The van der Waals surface area contributed by atoms with Gasteiger partial charge in [-0.3, -0.25) is 19.0 Å². The van der Waals surface area contributed by atoms with Crippen molar-refractivity contribution in [3.63, 3.8) is 0 Å². The first-order valence-electron chi connectivity index (χ1n) is 20.5. The summed E-state index contributed by atoms with van der Waals surface area (Å²) in [5.74, 6) is 2.32. The van der Waals surface area contributed by atoms with Crippen LogP contribution in [0, 0.1) is 19.3 Å². The van der Waals surface area contributed by atoms with Crippen molar-refractivity contribution < 1.29 is 38.5 Å². The number of benzene rings is 1. The van der Waals surface area contributed by atoms with Crippen LogP contribution in [0.5, 0.6) is 0 Å². The molecule has 57 heavy (non-hydrogen) atoms. The smallest absolute Gasteiger partial charge is 0.338 e. The molecule has 3 atom stereocenters. The van der Waals surface area contributed by atoms with E-state index in [0.717, 1.165) is 31.0 Å². The van der Waals surface area contributed by atoms with Gasteiger partial charge in [-0.25, -0.2) is 19.7 Å². The SMILES string of the molecule is C#C[C@]1(COC(=O)c2ccccc2COC(=O)CCCCCCCCCCCCCCC)O[C@@H](n2cnc3c(NC(=O)CCCSC(C)=O)nc(C)nc32)C[C@@H]1O. The quantitative estimate of drug-likeness (QED) is 0.0479. The molecule has 3 heterocycles. The summed E-state index contributed by atoms with van der Waals surface area (Å²) in [6.45, 7) is 4.87. The van der Waals surface area contributed by atoms with Crippen molar-refractivity contribution >= 4 is 51.7 Å². The first-order valence-corrected chi connectivity index (χ1v) is 21.4. The molecule has 0 radical (unpaired) electrons. The van der Waals surface area contributed by atoms with Crippen molar-refractivity contribution in [1.29, 1.82) is 0 Å². The number of unbranched alkanes of at least 4 members (excludes halogenated alkanes) is 12. The van der Waals surface area contributed by atoms with E-state index < -0.39 is 30.5 Å². The number of terminal acetylenes is 1. The number of aliphatic hydroxyl groups excluding tert-OH is 1. The minimum atomic E-state index is -1.68. The molecular formula is C43H59N5O8S. The van der Waals surface area contributed by atoms with E-state index in [4.69, 9.17) is 20.6 Å². The van der Waals surface area contributed by atoms with Crippen LogP contribution in [0.25, 0.3) is 11.2 Å². The first kappa shape index (κ1) is 45.4. The van der Waals surface area contributed by atoms with Gasteiger partial charge in [-0.2, -0.15) is 0 Å². The minimum Gasteiger partial charge on any atom is -0.461 e. The predicted molar refractivity (Wildman–Crippen MR) is 220 cm³/mol. The molecule has 1 amide bonds. The van der Waals surface area contributed by atoms with E-state index in [1.165, 1.54) is 77.5 Å². The lowest BCUT2D eigenvalue weighted by molar-refractivity contribution is -0.145. The largest absolute Gasteiger partial charge is 0.461 e. The number of fused-ring (bicyclic) bond motifs is 1. The average Bonchev–Trinajstić information content (AvgIpc) is 3.77. The van der Waals surface area contributed by atoms with Crippen LogP contribution in [0.2, 0.25) is 0 Å². The second-order valence-electron chi connectivity index (χ2n) is 14.7. The van der Waals surface area contributed by atoms with Gasteiger partial charge in [-0.1, -0.05) is 120 Å². The molecule has 0 unspecified atom stereocenters. The zero-order chi connectivity index (χ0) is 41.0. The summed E-state index contributed by atoms with van der Waals surface area (Å²) in [4.78, 5) is 63.0. The molecule has 1 aromatic carbocycles. The molecule has 14 heteroatoms. The fraction of sp³-hybridized carbons (Fsp3) is 0.605. The summed E-state index contributed by atoms with van der Waals surface area (Å²) >= 11 is 1.16. The second-order valence-corrected chi connectivity index (χ2v) is 16.0. The molecule has 1 aliphatic rings. The Morgan fingerprint density at radius 2 is 1.63 bits per heavy atom. The van der Waals surface area contributed by atoms with Crippen molar-refractivity contribution in [1.82, 2.24) is 19.5 Å². The highest BCUT2D eigenvalue weighted by molar-refractivity contribution is 8.13. The fourth-order valence-electron chi connectivity index (χ4n) is 6.80. The van der Waals surface area contributed by atoms with Gasteiger partial charge in [0, 0.05) is 37.5 Å². The number of esters is 2. The number of aromatic nitrogens is 4. The number of aryl methyl sites for hydroxylation is 1. The van der Waals surface area contributed by atoms with E-state index in [1.807, 2.05) is 0 Å². The molecule has 1 saturated heterocycles. The summed E-state index contributed by atoms with van der Waals surface area (Å²) in [6.07, 6.45) is 22.3. The molecule has 0 bridgehead atoms. The molecular weight excluding hydrogens is 747 g/mol. The summed E-state index contributed by atoms with van der Waals surface area (Å²) in [5.41, 5.74) is -0.314. The van der Waals surface area contributed by atoms with Gasteiger partial charge in [0.15, 0.2) is 27.7 Å². The number of anilines is 1. The third-order valence-corrected chi connectivity index (χ3v) is 10.9. The van der Waals surface area contributed by atoms with Crippen molar-refractivity contribution in [3.05, 3.63) is 47.5 Å². The lowest BCUT2D eigenvalue weighted by Gasteiger charge is -2.26. The van der Waals surface area contributed by atoms with Crippen LogP contribution in [0.3, 0.4) is 0 Å². The van der Waals surface area contributed by atoms with E-state index in [1.54, 1.807) is 35.8 Å². The highest BCUT2D eigenvalue weighted by Crippen LogP contribution is 2.38. The third-order valence-electron chi connectivity index (χ3n) is 10.0. The number of carbonyl (C=O) groups excluding carboxylic acids is 4. The van der Waals surface area contributed by atoms with Crippen LogP contribution in [-0.4, -0.2) is 71.7 Å². The van der Waals surface area contributed by atoms with Gasteiger partial charge in [0.1, 0.15) is 31.4 Å². The van der Waals surface area contributed by atoms with Crippen molar-refractivity contribution in [2.24, 2.45) is 0 Å². The Hall–Kier alpha value is -4.32. The fourth-order valence-corrected chi connectivity index (χ4v) is 7.38. The molecule has 0 spiro atoms. The average molecular weight is 806 g/mol. The normalized spacial score (nSPS) is 17.7. The topological polar surface area (TPSA) is 172 Å². The zero-order valence-corrected chi connectivity index (χ0v) is 34.6. The van der Waals surface area contributed by atoms with Crippen molar-refractivity contribution in [2.75, 3.05) is 17.7 Å². The molecule has 4 rings (SSSR count). The number of imidazole rings is 1. The number of nitrogens with one attached hydrogen (secondary N) is 1. The van der Waals surface area contributed by atoms with Crippen LogP contribution in [0.1, 0.15) is 151 Å². The number of thioether (sulfide) groups is 1. The van der Waals surface area contributed by atoms with Gasteiger partial charge >= 0.3 is 11.9 Å². The van der Waals surface area contributed by atoms with Crippen molar-refractivity contribution in [3.8, 4) is 12.3 Å². The highest BCUT2D eigenvalue weighted by atomic mass is 32.2. The summed E-state index contributed by atoms with van der Waals surface area (Å²) in [6, 6.07) is 6.71. The molecule has 0 aliphatic carbocycles. The Balaban J connectivity index is 1.24. The summed E-state index contributed by atoms with van der Waals surface area (Å²) in [5, 5.41) is 13.9. The maximum absolute atomic E-state index is 13.3. The van der Waals surface area contributed by atoms with E-state index in [0.29, 0.717) is 41.1 Å². The Kier molecular flexibility index (Phi) is 18.9. The maximum atomic E-state index is 13.3. The van der Waals surface area contributed by atoms with E-state index >= 15 is 0 Å². The number of aliphatic hydroxyl groups is 1. The number of hydrogen-bond acceptors (Lipinski definition) is 12. The summed E-state index contributed by atoms with van der Waals surface area (Å²) in [7, 11) is 0. The molecule has 13 nitrogen and oxygen atoms in total. The Morgan fingerprint density at radius 3 is 2.30 bits per heavy atom. The molecule has 0 saturated carbocycles. The standard InChI is InChI=1S/C43H59N5O8S/c1-5-7-8-9-10-11-12-13-14-15-16-17-18-25-38(52)54-28-33-22-19-20-23-34(33)42(53)55-29-43(6-2)35(50)27-37(56-43)48-30-44-39-40(45-31(3)46-41(39)48)47-36(51)24-21-26-57-32(4)49/h2,19-20,22-23,30,35,37,50H,5,7-18,21,24-29H2,1,3-4H3,(H,45,46,47,51)/t35-,37+,43+/m0/s1. The van der Waals surface area contributed by atoms with Crippen LogP contribution < -0.4 is 5.32 Å². The molecule has 1 aliphatic heterocycles. The Morgan fingerprint density at radius 1 is 0.965 bits per heavy atom. The lowest BCUT2D eigenvalue weighted by Crippen LogP contribution is -2.43. The number of rotatable bonds is 25. The third kappa shape index (κ3) is 14.2. The van der Waals surface area contributed by atoms with E-state index in [9.17, 15) is 24.3 Å². The molecule has 2 N–H and O–H groups in total. The van der Waals surface area contributed by atoms with E-state index in [-0.39, 0.29) is 47.8 Å². The number of amides is 1. The highest BCUT2D eigenvalue weighted by Gasteiger charge is 2.49. The van der Waals surface area contributed by atoms with Crippen molar-refractivity contribution in [2.45, 2.75) is 154 Å². The van der Waals surface area contributed by atoms with Crippen LogP contribution in [0.15, 0.2) is 30.6 Å². The summed E-state index contributed by atoms with van der Waals surface area (Å²) < 4.78 is 19.0. The molecule has 3 aromatic rings. The van der Waals surface area contributed by atoms with Gasteiger partial charge < -0.3 is 24.6 Å². The minimum absolute atomic E-state index is 0.00424. The second kappa shape index (κ2) is 23.8. The number of carbonyl (C=O) groups is 4. The van der Waals surface area contributed by atoms with Gasteiger partial charge in [-0.15, -0.1) is 6.42 Å². The zero-order valence-electron chi connectivity index (χ0n) is 33.8. The number of hydrogen-bond donors (Lipinski definition) is 2. The van der Waals surface area contributed by atoms with Gasteiger partial charge in [-0.05, 0) is 25.8 Å². The van der Waals surface area contributed by atoms with Crippen LogP contribution in [0.4, 0.5) is 5.82 Å². The number of nitrogens with zero attached hydrogens (tertiary/aromatic N) is 4. The monoisotopic (exact) mass is 805 g/mol. The van der Waals surface area contributed by atoms with Gasteiger partial charge in [0.2, 0.25) is 5.91 Å². The lowest BCUT2D eigenvalue weighted by atomic mass is 9.99. The van der Waals surface area contributed by atoms with Gasteiger partial charge in [0.25, 0.3) is 0 Å². The predicted octanol–water partition coefficient (Wildman–Crippen LogP) is 8.17. The molecule has 1 fully saturated rings. The number of ether oxygens (including phenoxy) is 3. The Bertz CT molecular complexity index is 1830. The van der Waals surface area contributed by atoms with Crippen LogP contribution in [-0.2, 0) is 35.2 Å². The molecule has 310 valence electrons. The van der Waals surface area contributed by atoms with Crippen LogP contribution >= 0.6 is 11.8 Å². The molecule has 2 aromatic heterocycles. The van der Waals surface area contributed by atoms with E-state index in [2.05, 4.69) is 33.1 Å². The Labute approximate surface area is 340 Å².